The molecule has 1 saturated carbocycles. The number of aryl methyl sites for hydroxylation is 1. The summed E-state index contributed by atoms with van der Waals surface area (Å²) in [7, 11) is 0. The highest BCUT2D eigenvalue weighted by atomic mass is 16.2. The second kappa shape index (κ2) is 8.19. The minimum atomic E-state index is -0.196. The maximum atomic E-state index is 13.0. The third-order valence-corrected chi connectivity index (χ3v) is 5.75. The van der Waals surface area contributed by atoms with E-state index >= 15 is 0 Å². The molecule has 2 fully saturated rings. The Morgan fingerprint density at radius 2 is 1.79 bits per heavy atom. The summed E-state index contributed by atoms with van der Waals surface area (Å²) in [5.41, 5.74) is 2.03. The number of anilines is 2. The average Bonchev–Trinajstić information content (AvgIpc) is 3.55. The first-order valence-electron chi connectivity index (χ1n) is 10.3. The fourth-order valence-electron chi connectivity index (χ4n) is 4.02. The van der Waals surface area contributed by atoms with Crippen LogP contribution in [0.1, 0.15) is 18.9 Å². The molecule has 2 heterocycles. The Morgan fingerprint density at radius 3 is 2.45 bits per heavy atom. The van der Waals surface area contributed by atoms with Crippen molar-refractivity contribution in [2.24, 2.45) is 11.8 Å². The molecule has 1 aromatic carbocycles. The summed E-state index contributed by atoms with van der Waals surface area (Å²) < 4.78 is 0. The minimum Gasteiger partial charge on any atom is -0.339 e. The molecule has 7 nitrogen and oxygen atoms in total. The molecule has 1 saturated heterocycles. The van der Waals surface area contributed by atoms with Gasteiger partial charge in [-0.3, -0.25) is 9.59 Å². The van der Waals surface area contributed by atoms with Crippen LogP contribution in [0.5, 0.6) is 0 Å². The third-order valence-electron chi connectivity index (χ3n) is 5.75. The Balaban J connectivity index is 1.34. The molecule has 0 N–H and O–H groups in total. The fraction of sp³-hybridized carbons (Fsp3) is 0.455. The number of carbonyl (C=O) groups is 2. The van der Waals surface area contributed by atoms with E-state index in [1.54, 1.807) is 23.4 Å². The summed E-state index contributed by atoms with van der Waals surface area (Å²) in [6.07, 6.45) is 4.12. The predicted octanol–water partition coefficient (Wildman–Crippen LogP) is 2.12. The van der Waals surface area contributed by atoms with Crippen LogP contribution in [0.25, 0.3) is 0 Å². The van der Waals surface area contributed by atoms with E-state index in [4.69, 9.17) is 0 Å². The lowest BCUT2D eigenvalue weighted by atomic mass is 10.1. The molecule has 1 aromatic heterocycles. The summed E-state index contributed by atoms with van der Waals surface area (Å²) >= 11 is 0. The molecule has 0 bridgehead atoms. The maximum absolute atomic E-state index is 13.0. The SMILES string of the molecule is CCN(C(=O)C1CC1C(=O)N1CCN(c2ncccn2)CC1)c1cccc(C)c1. The van der Waals surface area contributed by atoms with Gasteiger partial charge in [-0.2, -0.15) is 0 Å². The molecule has 2 atom stereocenters. The zero-order valence-electron chi connectivity index (χ0n) is 17.0. The van der Waals surface area contributed by atoms with Gasteiger partial charge in [0.25, 0.3) is 0 Å². The Bertz CT molecular complexity index is 880. The number of carbonyl (C=O) groups excluding carboxylic acids is 2. The number of piperazine rings is 1. The largest absolute Gasteiger partial charge is 0.339 e. The summed E-state index contributed by atoms with van der Waals surface area (Å²) in [5.74, 6) is 0.500. The number of amides is 2. The second-order valence-electron chi connectivity index (χ2n) is 7.73. The molecule has 2 unspecified atom stereocenters. The van der Waals surface area contributed by atoms with Crippen molar-refractivity contribution in [2.75, 3.05) is 42.5 Å². The number of rotatable bonds is 5. The Hall–Kier alpha value is -2.96. The summed E-state index contributed by atoms with van der Waals surface area (Å²) in [6, 6.07) is 9.76. The predicted molar refractivity (Wildman–Crippen MR) is 112 cm³/mol. The molecule has 2 amide bonds. The van der Waals surface area contributed by atoms with Crippen molar-refractivity contribution in [1.29, 1.82) is 0 Å². The normalized spacial score (nSPS) is 21.0. The van der Waals surface area contributed by atoms with Gasteiger partial charge >= 0.3 is 0 Å². The molecule has 0 spiro atoms. The zero-order chi connectivity index (χ0) is 20.4. The van der Waals surface area contributed by atoms with E-state index in [9.17, 15) is 9.59 Å². The van der Waals surface area contributed by atoms with Crippen LogP contribution in [0.4, 0.5) is 11.6 Å². The number of benzene rings is 1. The monoisotopic (exact) mass is 393 g/mol. The Labute approximate surface area is 171 Å². The average molecular weight is 393 g/mol. The maximum Gasteiger partial charge on any atom is 0.230 e. The molecule has 7 heteroatoms. The van der Waals surface area contributed by atoms with Crippen molar-refractivity contribution >= 4 is 23.5 Å². The van der Waals surface area contributed by atoms with Crippen molar-refractivity contribution in [3.63, 3.8) is 0 Å². The van der Waals surface area contributed by atoms with Crippen LogP contribution in [0, 0.1) is 18.8 Å². The first kappa shape index (κ1) is 19.4. The first-order valence-corrected chi connectivity index (χ1v) is 10.3. The van der Waals surface area contributed by atoms with E-state index in [0.717, 1.165) is 11.3 Å². The lowest BCUT2D eigenvalue weighted by Crippen LogP contribution is -2.50. The molecule has 2 aromatic rings. The number of hydrogen-bond donors (Lipinski definition) is 0. The molecule has 152 valence electrons. The van der Waals surface area contributed by atoms with Gasteiger partial charge in [-0.25, -0.2) is 9.97 Å². The fourth-order valence-corrected chi connectivity index (χ4v) is 4.02. The lowest BCUT2D eigenvalue weighted by Gasteiger charge is -2.34. The highest BCUT2D eigenvalue weighted by Gasteiger charge is 2.51. The van der Waals surface area contributed by atoms with Crippen LogP contribution in [-0.4, -0.2) is 59.4 Å². The van der Waals surface area contributed by atoms with Gasteiger partial charge in [0, 0.05) is 50.8 Å². The van der Waals surface area contributed by atoms with Gasteiger partial charge < -0.3 is 14.7 Å². The zero-order valence-corrected chi connectivity index (χ0v) is 17.0. The standard InChI is InChI=1S/C22H27N5O2/c1-3-27(17-7-4-6-16(2)14-17)21(29)19-15-18(19)20(28)25-10-12-26(13-11-25)22-23-8-5-9-24-22/h4-9,14,18-19H,3,10-13,15H2,1-2H3. The van der Waals surface area contributed by atoms with Gasteiger partial charge in [0.15, 0.2) is 0 Å². The van der Waals surface area contributed by atoms with Crippen molar-refractivity contribution in [3.05, 3.63) is 48.3 Å². The Morgan fingerprint density at radius 1 is 1.07 bits per heavy atom. The van der Waals surface area contributed by atoms with E-state index < -0.39 is 0 Å². The first-order chi connectivity index (χ1) is 14.1. The van der Waals surface area contributed by atoms with E-state index in [2.05, 4.69) is 14.9 Å². The highest BCUT2D eigenvalue weighted by molar-refractivity contribution is 6.01. The van der Waals surface area contributed by atoms with Gasteiger partial charge in [0.05, 0.1) is 11.8 Å². The van der Waals surface area contributed by atoms with Crippen molar-refractivity contribution in [1.82, 2.24) is 14.9 Å². The molecule has 2 aliphatic rings. The van der Waals surface area contributed by atoms with Gasteiger partial charge in [-0.05, 0) is 44.0 Å². The van der Waals surface area contributed by atoms with Crippen LogP contribution < -0.4 is 9.80 Å². The number of hydrogen-bond acceptors (Lipinski definition) is 5. The van der Waals surface area contributed by atoms with E-state index in [0.29, 0.717) is 45.1 Å². The molecular weight excluding hydrogens is 366 g/mol. The molecule has 4 rings (SSSR count). The Kier molecular flexibility index (Phi) is 5.47. The molecule has 1 aliphatic carbocycles. The van der Waals surface area contributed by atoms with Crippen molar-refractivity contribution < 1.29 is 9.59 Å². The molecule has 0 radical (unpaired) electrons. The van der Waals surface area contributed by atoms with E-state index in [1.807, 2.05) is 43.0 Å². The molecule has 29 heavy (non-hydrogen) atoms. The highest BCUT2D eigenvalue weighted by Crippen LogP contribution is 2.42. The van der Waals surface area contributed by atoms with Crippen LogP contribution >= 0.6 is 0 Å². The van der Waals surface area contributed by atoms with E-state index in [1.165, 1.54) is 0 Å². The van der Waals surface area contributed by atoms with Gasteiger partial charge in [-0.1, -0.05) is 12.1 Å². The van der Waals surface area contributed by atoms with Crippen LogP contribution in [0.3, 0.4) is 0 Å². The van der Waals surface area contributed by atoms with Crippen LogP contribution in [-0.2, 0) is 9.59 Å². The third kappa shape index (κ3) is 4.09. The quantitative estimate of drug-likeness (QED) is 0.778. The number of aromatic nitrogens is 2. The van der Waals surface area contributed by atoms with E-state index in [-0.39, 0.29) is 23.7 Å². The second-order valence-corrected chi connectivity index (χ2v) is 7.73. The molecule has 1 aliphatic heterocycles. The minimum absolute atomic E-state index is 0.0628. The summed E-state index contributed by atoms with van der Waals surface area (Å²) in [4.78, 5) is 40.3. The van der Waals surface area contributed by atoms with Crippen LogP contribution in [0.15, 0.2) is 42.7 Å². The molecular formula is C22H27N5O2. The van der Waals surface area contributed by atoms with Crippen molar-refractivity contribution in [2.45, 2.75) is 20.3 Å². The lowest BCUT2D eigenvalue weighted by molar-refractivity contribution is -0.134. The van der Waals surface area contributed by atoms with Gasteiger partial charge in [0.2, 0.25) is 17.8 Å². The topological polar surface area (TPSA) is 69.6 Å². The van der Waals surface area contributed by atoms with Gasteiger partial charge in [0.1, 0.15) is 0 Å². The van der Waals surface area contributed by atoms with Crippen LogP contribution in [0.2, 0.25) is 0 Å². The van der Waals surface area contributed by atoms with Crippen molar-refractivity contribution in [3.8, 4) is 0 Å². The summed E-state index contributed by atoms with van der Waals surface area (Å²) in [6.45, 7) is 7.32. The van der Waals surface area contributed by atoms with Gasteiger partial charge in [-0.15, -0.1) is 0 Å². The smallest absolute Gasteiger partial charge is 0.230 e. The summed E-state index contributed by atoms with van der Waals surface area (Å²) in [5, 5.41) is 0. The number of nitrogens with zero attached hydrogens (tertiary/aromatic N) is 5.